The number of nitrogens with two attached hydrogens (primary N) is 2. The Kier molecular flexibility index (Phi) is 4.78. The van der Waals surface area contributed by atoms with Gasteiger partial charge in [0.1, 0.15) is 17.1 Å². The maximum absolute atomic E-state index is 13.5. The van der Waals surface area contributed by atoms with Gasteiger partial charge in [0.2, 0.25) is 0 Å². The number of nitrogen functional groups attached to an aromatic ring is 1. The summed E-state index contributed by atoms with van der Waals surface area (Å²) < 4.78 is 13.5. The van der Waals surface area contributed by atoms with E-state index in [1.165, 1.54) is 0 Å². The maximum Gasteiger partial charge on any atom is 0.312 e. The van der Waals surface area contributed by atoms with Crippen LogP contribution in [0.25, 0.3) is 0 Å². The Balaban J connectivity index is 2.84. The molecule has 0 atom stereocenters. The summed E-state index contributed by atoms with van der Waals surface area (Å²) in [6, 6.07) is 0.876. The molecule has 3 amide bonds. The molecule has 0 saturated heterocycles. The lowest BCUT2D eigenvalue weighted by Gasteiger charge is -2.09. The van der Waals surface area contributed by atoms with Gasteiger partial charge in [-0.25, -0.2) is 9.18 Å². The Morgan fingerprint density at radius 3 is 2.45 bits per heavy atom. The zero-order chi connectivity index (χ0) is 15.3. The highest BCUT2D eigenvalue weighted by atomic mass is 19.1. The van der Waals surface area contributed by atoms with Crippen LogP contribution in [0.1, 0.15) is 10.4 Å². The number of halogens is 1. The summed E-state index contributed by atoms with van der Waals surface area (Å²) in [4.78, 5) is 31.9. The highest BCUT2D eigenvalue weighted by Gasteiger charge is 2.23. The summed E-state index contributed by atoms with van der Waals surface area (Å²) in [5.74, 6) is -1.90. The van der Waals surface area contributed by atoms with Crippen LogP contribution in [-0.4, -0.2) is 30.0 Å². The Labute approximate surface area is 112 Å². The second kappa shape index (κ2) is 6.31. The van der Waals surface area contributed by atoms with Crippen molar-refractivity contribution in [1.29, 1.82) is 0 Å². The van der Waals surface area contributed by atoms with E-state index < -0.39 is 39.6 Å². The molecule has 0 heterocycles. The van der Waals surface area contributed by atoms with Crippen molar-refractivity contribution >= 4 is 23.3 Å². The number of hydrogen-bond acceptors (Lipinski definition) is 5. The van der Waals surface area contributed by atoms with E-state index in [1.807, 2.05) is 0 Å². The van der Waals surface area contributed by atoms with Gasteiger partial charge in [0, 0.05) is 19.2 Å². The number of primary amides is 1. The second-order valence-corrected chi connectivity index (χ2v) is 3.66. The number of carbonyl (C=O) groups is 2. The Bertz CT molecular complexity index is 563. The standard InChI is InChI=1S/C10H12FN5O4/c11-5-1-2-6(16(19)20)8(12)7(5)9(17)14-3-4-15-10(13)18/h1-2H,3-4,12H2,(H,14,17)(H3,13,15,18). The van der Waals surface area contributed by atoms with Crippen LogP contribution >= 0.6 is 0 Å². The highest BCUT2D eigenvalue weighted by Crippen LogP contribution is 2.27. The summed E-state index contributed by atoms with van der Waals surface area (Å²) in [5.41, 5.74) is 8.47. The SMILES string of the molecule is NC(=O)NCCNC(=O)c1c(F)ccc([N+](=O)[O-])c1N. The third-order valence-electron chi connectivity index (χ3n) is 2.31. The lowest BCUT2D eigenvalue weighted by molar-refractivity contribution is -0.384. The third kappa shape index (κ3) is 3.54. The summed E-state index contributed by atoms with van der Waals surface area (Å²) in [5, 5.41) is 15.1. The Morgan fingerprint density at radius 2 is 1.90 bits per heavy atom. The van der Waals surface area contributed by atoms with E-state index in [-0.39, 0.29) is 13.1 Å². The molecule has 1 aromatic rings. The van der Waals surface area contributed by atoms with E-state index in [0.29, 0.717) is 0 Å². The van der Waals surface area contributed by atoms with E-state index in [1.54, 1.807) is 0 Å². The van der Waals surface area contributed by atoms with Gasteiger partial charge in [0.05, 0.1) is 4.92 Å². The maximum atomic E-state index is 13.5. The quantitative estimate of drug-likeness (QED) is 0.253. The number of nitrogens with zero attached hydrogens (tertiary/aromatic N) is 1. The van der Waals surface area contributed by atoms with Crippen molar-refractivity contribution in [2.24, 2.45) is 5.73 Å². The molecule has 0 bridgehead atoms. The van der Waals surface area contributed by atoms with Gasteiger partial charge in [0.15, 0.2) is 0 Å². The number of carbonyl (C=O) groups excluding carboxylic acids is 2. The fraction of sp³-hybridized carbons (Fsp3) is 0.200. The summed E-state index contributed by atoms with van der Waals surface area (Å²) >= 11 is 0. The average molecular weight is 285 g/mol. The molecule has 6 N–H and O–H groups in total. The summed E-state index contributed by atoms with van der Waals surface area (Å²) in [7, 11) is 0. The van der Waals surface area contributed by atoms with E-state index >= 15 is 0 Å². The molecule has 0 radical (unpaired) electrons. The van der Waals surface area contributed by atoms with Crippen molar-refractivity contribution in [3.63, 3.8) is 0 Å². The molecular weight excluding hydrogens is 273 g/mol. The molecule has 0 fully saturated rings. The fourth-order valence-corrected chi connectivity index (χ4v) is 1.42. The van der Waals surface area contributed by atoms with Crippen molar-refractivity contribution in [3.05, 3.63) is 33.6 Å². The summed E-state index contributed by atoms with van der Waals surface area (Å²) in [6.45, 7) is -0.0130. The minimum Gasteiger partial charge on any atom is -0.392 e. The van der Waals surface area contributed by atoms with Crippen molar-refractivity contribution in [3.8, 4) is 0 Å². The first-order valence-electron chi connectivity index (χ1n) is 5.38. The topological polar surface area (TPSA) is 153 Å². The van der Waals surface area contributed by atoms with Crippen molar-refractivity contribution in [1.82, 2.24) is 10.6 Å². The number of nitro groups is 1. The minimum atomic E-state index is -0.978. The van der Waals surface area contributed by atoms with E-state index in [2.05, 4.69) is 10.6 Å². The predicted octanol–water partition coefficient (Wildman–Crippen LogP) is -0.286. The molecule has 0 saturated carbocycles. The first-order chi connectivity index (χ1) is 9.34. The van der Waals surface area contributed by atoms with Gasteiger partial charge in [-0.1, -0.05) is 0 Å². The first kappa shape index (κ1) is 15.1. The number of nitro benzene ring substituents is 1. The lowest BCUT2D eigenvalue weighted by atomic mass is 10.1. The van der Waals surface area contributed by atoms with Crippen molar-refractivity contribution < 1.29 is 18.9 Å². The molecule has 0 aliphatic carbocycles. The number of nitrogens with one attached hydrogen (secondary N) is 2. The molecule has 10 heteroatoms. The number of benzene rings is 1. The van der Waals surface area contributed by atoms with Gasteiger partial charge in [-0.05, 0) is 6.07 Å². The van der Waals surface area contributed by atoms with E-state index in [0.717, 1.165) is 12.1 Å². The van der Waals surface area contributed by atoms with Gasteiger partial charge in [-0.3, -0.25) is 14.9 Å². The second-order valence-electron chi connectivity index (χ2n) is 3.66. The van der Waals surface area contributed by atoms with Crippen LogP contribution in [0.4, 0.5) is 20.6 Å². The Morgan fingerprint density at radius 1 is 1.30 bits per heavy atom. The fourth-order valence-electron chi connectivity index (χ4n) is 1.42. The number of rotatable bonds is 5. The van der Waals surface area contributed by atoms with Gasteiger partial charge >= 0.3 is 6.03 Å². The molecule has 0 unspecified atom stereocenters. The predicted molar refractivity (Wildman–Crippen MR) is 67.4 cm³/mol. The molecule has 108 valence electrons. The molecule has 1 aromatic carbocycles. The van der Waals surface area contributed by atoms with Gasteiger partial charge in [-0.15, -0.1) is 0 Å². The number of urea groups is 1. The number of anilines is 1. The van der Waals surface area contributed by atoms with Gasteiger partial charge in [0.25, 0.3) is 11.6 Å². The summed E-state index contributed by atoms with van der Waals surface area (Å²) in [6.07, 6.45) is 0. The smallest absolute Gasteiger partial charge is 0.312 e. The largest absolute Gasteiger partial charge is 0.392 e. The third-order valence-corrected chi connectivity index (χ3v) is 2.31. The van der Waals surface area contributed by atoms with Crippen molar-refractivity contribution in [2.75, 3.05) is 18.8 Å². The van der Waals surface area contributed by atoms with Crippen LogP contribution in [-0.2, 0) is 0 Å². The minimum absolute atomic E-state index is 0.0253. The normalized spacial score (nSPS) is 9.85. The molecule has 9 nitrogen and oxygen atoms in total. The van der Waals surface area contributed by atoms with Crippen LogP contribution in [0.2, 0.25) is 0 Å². The first-order valence-corrected chi connectivity index (χ1v) is 5.38. The van der Waals surface area contributed by atoms with Crippen LogP contribution in [0.5, 0.6) is 0 Å². The molecule has 20 heavy (non-hydrogen) atoms. The van der Waals surface area contributed by atoms with E-state index in [4.69, 9.17) is 11.5 Å². The van der Waals surface area contributed by atoms with E-state index in [9.17, 15) is 24.1 Å². The van der Waals surface area contributed by atoms with Crippen LogP contribution < -0.4 is 22.1 Å². The van der Waals surface area contributed by atoms with Crippen molar-refractivity contribution in [2.45, 2.75) is 0 Å². The zero-order valence-corrected chi connectivity index (χ0v) is 10.2. The number of hydrogen-bond donors (Lipinski definition) is 4. The lowest BCUT2D eigenvalue weighted by Crippen LogP contribution is -2.37. The molecule has 0 aliphatic heterocycles. The molecule has 0 aliphatic rings. The number of amides is 3. The van der Waals surface area contributed by atoms with Crippen LogP contribution in [0.3, 0.4) is 0 Å². The van der Waals surface area contributed by atoms with Gasteiger partial charge < -0.3 is 22.1 Å². The molecular formula is C10H12FN5O4. The van der Waals surface area contributed by atoms with Gasteiger partial charge in [-0.2, -0.15) is 0 Å². The molecule has 0 aromatic heterocycles. The zero-order valence-electron chi connectivity index (χ0n) is 10.2. The average Bonchev–Trinajstić information content (AvgIpc) is 2.34. The monoisotopic (exact) mass is 285 g/mol. The molecule has 1 rings (SSSR count). The molecule has 0 spiro atoms. The van der Waals surface area contributed by atoms with Crippen LogP contribution in [0, 0.1) is 15.9 Å². The van der Waals surface area contributed by atoms with Crippen LogP contribution in [0.15, 0.2) is 12.1 Å². The highest BCUT2D eigenvalue weighted by molar-refractivity contribution is 6.01. The Hall–Kier alpha value is -2.91.